The SMILES string of the molecule is CC(C)c1ccc(F)c2[nH]c(N)c(C#N)c12. The van der Waals surface area contributed by atoms with E-state index in [0.29, 0.717) is 16.5 Å². The molecule has 2 rings (SSSR count). The van der Waals surface area contributed by atoms with Gasteiger partial charge in [0.05, 0.1) is 5.52 Å². The van der Waals surface area contributed by atoms with E-state index >= 15 is 0 Å². The third-order valence-corrected chi connectivity index (χ3v) is 2.70. The molecule has 0 saturated carbocycles. The number of aromatic amines is 1. The minimum Gasteiger partial charge on any atom is -0.384 e. The Morgan fingerprint density at radius 1 is 1.44 bits per heavy atom. The van der Waals surface area contributed by atoms with Crippen LogP contribution >= 0.6 is 0 Å². The number of halogens is 1. The molecule has 0 bridgehead atoms. The second-order valence-corrected chi connectivity index (χ2v) is 4.07. The Balaban J connectivity index is 2.96. The number of H-pyrrole nitrogens is 1. The Bertz CT molecular complexity index is 590. The minimum absolute atomic E-state index is 0.213. The molecular formula is C12H12FN3. The van der Waals surface area contributed by atoms with Crippen molar-refractivity contribution in [3.8, 4) is 6.07 Å². The molecule has 1 aromatic carbocycles. The molecule has 3 nitrogen and oxygen atoms in total. The van der Waals surface area contributed by atoms with Crippen LogP contribution < -0.4 is 5.73 Å². The van der Waals surface area contributed by atoms with Crippen LogP contribution in [-0.2, 0) is 0 Å². The van der Waals surface area contributed by atoms with Crippen LogP contribution in [0.25, 0.3) is 10.9 Å². The van der Waals surface area contributed by atoms with Crippen LogP contribution in [0.4, 0.5) is 10.2 Å². The van der Waals surface area contributed by atoms with Gasteiger partial charge >= 0.3 is 0 Å². The predicted molar refractivity (Wildman–Crippen MR) is 61.5 cm³/mol. The van der Waals surface area contributed by atoms with Crippen molar-refractivity contribution in [1.82, 2.24) is 4.98 Å². The molecule has 0 unspecified atom stereocenters. The highest BCUT2D eigenvalue weighted by Crippen LogP contribution is 2.32. The summed E-state index contributed by atoms with van der Waals surface area (Å²) >= 11 is 0. The Morgan fingerprint density at radius 3 is 2.69 bits per heavy atom. The summed E-state index contributed by atoms with van der Waals surface area (Å²) in [7, 11) is 0. The van der Waals surface area contributed by atoms with Crippen LogP contribution in [0.1, 0.15) is 30.9 Å². The van der Waals surface area contributed by atoms with Gasteiger partial charge in [0.15, 0.2) is 0 Å². The zero-order valence-corrected chi connectivity index (χ0v) is 9.13. The average molecular weight is 217 g/mol. The average Bonchev–Trinajstić information content (AvgIpc) is 2.55. The van der Waals surface area contributed by atoms with E-state index in [1.54, 1.807) is 6.07 Å². The first-order valence-electron chi connectivity index (χ1n) is 5.06. The molecule has 0 aliphatic carbocycles. The highest BCUT2D eigenvalue weighted by molar-refractivity contribution is 5.94. The molecule has 1 heterocycles. The lowest BCUT2D eigenvalue weighted by molar-refractivity contribution is 0.636. The smallest absolute Gasteiger partial charge is 0.147 e. The van der Waals surface area contributed by atoms with Crippen LogP contribution in [0.15, 0.2) is 12.1 Å². The number of nitriles is 1. The molecule has 0 fully saturated rings. The van der Waals surface area contributed by atoms with Crippen molar-refractivity contribution < 1.29 is 4.39 Å². The van der Waals surface area contributed by atoms with Gasteiger partial charge in [0.25, 0.3) is 0 Å². The number of rotatable bonds is 1. The van der Waals surface area contributed by atoms with E-state index in [1.165, 1.54) is 6.07 Å². The summed E-state index contributed by atoms with van der Waals surface area (Å²) in [5.41, 5.74) is 7.24. The number of hydrogen-bond donors (Lipinski definition) is 2. The highest BCUT2D eigenvalue weighted by atomic mass is 19.1. The topological polar surface area (TPSA) is 65.6 Å². The fraction of sp³-hybridized carbons (Fsp3) is 0.250. The van der Waals surface area contributed by atoms with Gasteiger partial charge in [-0.1, -0.05) is 19.9 Å². The lowest BCUT2D eigenvalue weighted by Crippen LogP contribution is -1.91. The van der Waals surface area contributed by atoms with Crippen LogP contribution in [0.3, 0.4) is 0 Å². The molecule has 1 aromatic heterocycles. The van der Waals surface area contributed by atoms with Gasteiger partial charge < -0.3 is 10.7 Å². The maximum atomic E-state index is 13.6. The number of nitrogen functional groups attached to an aromatic ring is 1. The van der Waals surface area contributed by atoms with Gasteiger partial charge in [0, 0.05) is 5.39 Å². The Labute approximate surface area is 92.7 Å². The fourth-order valence-corrected chi connectivity index (χ4v) is 1.91. The molecule has 4 heteroatoms. The lowest BCUT2D eigenvalue weighted by Gasteiger charge is -2.07. The first-order valence-corrected chi connectivity index (χ1v) is 5.06. The predicted octanol–water partition coefficient (Wildman–Crippen LogP) is 2.88. The molecule has 16 heavy (non-hydrogen) atoms. The molecule has 0 aliphatic rings. The molecule has 0 atom stereocenters. The van der Waals surface area contributed by atoms with Crippen molar-refractivity contribution in [2.24, 2.45) is 0 Å². The Hall–Kier alpha value is -2.02. The molecule has 0 radical (unpaired) electrons. The van der Waals surface area contributed by atoms with Crippen LogP contribution in [-0.4, -0.2) is 4.98 Å². The van der Waals surface area contributed by atoms with Crippen molar-refractivity contribution in [2.75, 3.05) is 5.73 Å². The van der Waals surface area contributed by atoms with Crippen molar-refractivity contribution in [3.05, 3.63) is 29.1 Å². The molecular weight excluding hydrogens is 205 g/mol. The Morgan fingerprint density at radius 2 is 2.12 bits per heavy atom. The van der Waals surface area contributed by atoms with E-state index in [-0.39, 0.29) is 17.6 Å². The number of nitrogens with two attached hydrogens (primary N) is 1. The van der Waals surface area contributed by atoms with Crippen LogP contribution in [0.2, 0.25) is 0 Å². The van der Waals surface area contributed by atoms with E-state index in [4.69, 9.17) is 11.0 Å². The molecule has 0 amide bonds. The van der Waals surface area contributed by atoms with Crippen molar-refractivity contribution in [2.45, 2.75) is 19.8 Å². The summed E-state index contributed by atoms with van der Waals surface area (Å²) in [6.45, 7) is 3.99. The lowest BCUT2D eigenvalue weighted by atomic mass is 9.97. The van der Waals surface area contributed by atoms with Gasteiger partial charge in [-0.3, -0.25) is 0 Å². The quantitative estimate of drug-likeness (QED) is 0.771. The largest absolute Gasteiger partial charge is 0.384 e. The van der Waals surface area contributed by atoms with E-state index in [2.05, 4.69) is 4.98 Å². The zero-order chi connectivity index (χ0) is 11.9. The summed E-state index contributed by atoms with van der Waals surface area (Å²) in [6.07, 6.45) is 0. The second-order valence-electron chi connectivity index (χ2n) is 4.07. The van der Waals surface area contributed by atoms with Crippen molar-refractivity contribution in [1.29, 1.82) is 5.26 Å². The van der Waals surface area contributed by atoms with Gasteiger partial charge in [-0.2, -0.15) is 5.26 Å². The standard InChI is InChI=1S/C12H12FN3/c1-6(2)7-3-4-9(13)11-10(7)8(5-14)12(15)16-11/h3-4,6,16H,15H2,1-2H3. The normalized spacial score (nSPS) is 10.9. The number of aromatic nitrogens is 1. The minimum atomic E-state index is -0.382. The summed E-state index contributed by atoms with van der Waals surface area (Å²) < 4.78 is 13.6. The summed E-state index contributed by atoms with van der Waals surface area (Å²) in [5.74, 6) is 0.0579. The number of fused-ring (bicyclic) bond motifs is 1. The Kier molecular flexibility index (Phi) is 2.31. The number of nitrogens with zero attached hydrogens (tertiary/aromatic N) is 1. The van der Waals surface area contributed by atoms with Crippen molar-refractivity contribution in [3.63, 3.8) is 0 Å². The summed E-state index contributed by atoms with van der Waals surface area (Å²) in [6, 6.07) is 5.12. The maximum absolute atomic E-state index is 13.6. The summed E-state index contributed by atoms with van der Waals surface area (Å²) in [4.78, 5) is 2.72. The molecule has 0 spiro atoms. The van der Waals surface area contributed by atoms with Gasteiger partial charge in [-0.25, -0.2) is 4.39 Å². The van der Waals surface area contributed by atoms with Gasteiger partial charge in [0.1, 0.15) is 23.3 Å². The van der Waals surface area contributed by atoms with Crippen molar-refractivity contribution >= 4 is 16.7 Å². The molecule has 3 N–H and O–H groups in total. The van der Waals surface area contributed by atoms with Gasteiger partial charge in [0.2, 0.25) is 0 Å². The maximum Gasteiger partial charge on any atom is 0.147 e. The number of hydrogen-bond acceptors (Lipinski definition) is 2. The molecule has 2 aromatic rings. The van der Waals surface area contributed by atoms with Crippen LogP contribution in [0, 0.1) is 17.1 Å². The first-order chi connectivity index (χ1) is 7.56. The zero-order valence-electron chi connectivity index (χ0n) is 9.13. The van der Waals surface area contributed by atoms with E-state index in [0.717, 1.165) is 5.56 Å². The third kappa shape index (κ3) is 1.33. The first kappa shape index (κ1) is 10.5. The van der Waals surface area contributed by atoms with E-state index in [1.807, 2.05) is 19.9 Å². The highest BCUT2D eigenvalue weighted by Gasteiger charge is 2.17. The number of anilines is 1. The number of nitrogens with one attached hydrogen (secondary N) is 1. The molecule has 0 aliphatic heterocycles. The van der Waals surface area contributed by atoms with Gasteiger partial charge in [-0.05, 0) is 17.5 Å². The monoisotopic (exact) mass is 217 g/mol. The molecule has 82 valence electrons. The van der Waals surface area contributed by atoms with E-state index < -0.39 is 0 Å². The second kappa shape index (κ2) is 3.53. The van der Waals surface area contributed by atoms with Crippen LogP contribution in [0.5, 0.6) is 0 Å². The number of benzene rings is 1. The van der Waals surface area contributed by atoms with E-state index in [9.17, 15) is 4.39 Å². The molecule has 0 saturated heterocycles. The summed E-state index contributed by atoms with van der Waals surface area (Å²) in [5, 5.41) is 9.64. The third-order valence-electron chi connectivity index (χ3n) is 2.70. The van der Waals surface area contributed by atoms with Gasteiger partial charge in [-0.15, -0.1) is 0 Å². The fourth-order valence-electron chi connectivity index (χ4n) is 1.91.